The molecule has 17 heavy (non-hydrogen) atoms. The van der Waals surface area contributed by atoms with Gasteiger partial charge in [-0.15, -0.1) is 0 Å². The molecule has 0 aromatic rings. The number of aliphatic hydroxyl groups is 3. The summed E-state index contributed by atoms with van der Waals surface area (Å²) in [6.07, 6.45) is -6.80. The normalized spacial score (nSPS) is 18.8. The molecule has 0 aliphatic rings. The zero-order valence-corrected chi connectivity index (χ0v) is 8.89. The van der Waals surface area contributed by atoms with Crippen LogP contribution in [0.2, 0.25) is 0 Å². The van der Waals surface area contributed by atoms with Gasteiger partial charge < -0.3 is 15.3 Å². The van der Waals surface area contributed by atoms with Crippen LogP contribution in [0.25, 0.3) is 0 Å². The minimum atomic E-state index is -4.85. The fraction of sp³-hybridized carbons (Fsp3) is 0.500. The zero-order valence-electron chi connectivity index (χ0n) is 8.00. The van der Waals surface area contributed by atoms with Gasteiger partial charge in [0.25, 0.3) is 18.9 Å². The first kappa shape index (κ1) is 15.5. The van der Waals surface area contributed by atoms with Crippen molar-refractivity contribution in [1.29, 1.82) is 15.8 Å². The van der Waals surface area contributed by atoms with Crippen LogP contribution in [0.5, 0.6) is 0 Å². The molecule has 10 nitrogen and oxygen atoms in total. The number of nitrogens with zero attached hydrogens (tertiary/aromatic N) is 3. The minimum absolute atomic E-state index is 1.08. The molecule has 0 saturated heterocycles. The molecule has 0 fully saturated rings. The predicted molar refractivity (Wildman–Crippen MR) is 45.7 cm³/mol. The van der Waals surface area contributed by atoms with E-state index in [1.165, 1.54) is 0 Å². The van der Waals surface area contributed by atoms with Crippen molar-refractivity contribution < 1.29 is 33.5 Å². The molecule has 3 unspecified atom stereocenters. The molecule has 0 radical (unpaired) electrons. The summed E-state index contributed by atoms with van der Waals surface area (Å²) in [5.41, 5.74) is 0. The molecule has 0 heterocycles. The van der Waals surface area contributed by atoms with Gasteiger partial charge in [-0.2, -0.15) is 15.8 Å². The maximum atomic E-state index is 11.5. The molecular weight excluding hydrogens is 257 g/mol. The third kappa shape index (κ3) is 5.93. The fourth-order valence-electron chi connectivity index (χ4n) is 0.512. The van der Waals surface area contributed by atoms with Crippen molar-refractivity contribution in [3.05, 3.63) is 0 Å². The second-order valence-corrected chi connectivity index (χ2v) is 3.73. The van der Waals surface area contributed by atoms with Gasteiger partial charge in [0.05, 0.1) is 0 Å². The third-order valence-electron chi connectivity index (χ3n) is 1.02. The van der Waals surface area contributed by atoms with Gasteiger partial charge in [-0.25, -0.2) is 18.1 Å². The lowest BCUT2D eigenvalue weighted by Crippen LogP contribution is -2.18. The lowest BCUT2D eigenvalue weighted by Gasteiger charge is -2.18. The Bertz CT molecular complexity index is 359. The summed E-state index contributed by atoms with van der Waals surface area (Å²) in [6.45, 7) is 0. The molecular formula is C6H6N3O7P. The van der Waals surface area contributed by atoms with E-state index in [1.54, 1.807) is 0 Å². The van der Waals surface area contributed by atoms with Crippen LogP contribution in [0.4, 0.5) is 0 Å². The van der Waals surface area contributed by atoms with E-state index in [0.717, 1.165) is 18.2 Å². The lowest BCUT2D eigenvalue weighted by atomic mass is 10.8. The van der Waals surface area contributed by atoms with E-state index in [2.05, 4.69) is 13.6 Å². The molecule has 0 aliphatic carbocycles. The highest BCUT2D eigenvalue weighted by Gasteiger charge is 2.36. The van der Waals surface area contributed by atoms with Gasteiger partial charge >= 0.3 is 7.82 Å². The van der Waals surface area contributed by atoms with Gasteiger partial charge in [-0.05, 0) is 0 Å². The third-order valence-corrected chi connectivity index (χ3v) is 2.39. The second-order valence-electron chi connectivity index (χ2n) is 2.21. The van der Waals surface area contributed by atoms with E-state index in [-0.39, 0.29) is 0 Å². The number of hydrogen-bond donors (Lipinski definition) is 3. The molecule has 3 N–H and O–H groups in total. The summed E-state index contributed by atoms with van der Waals surface area (Å²) in [5.74, 6) is 0. The largest absolute Gasteiger partial charge is 0.484 e. The predicted octanol–water partition coefficient (Wildman–Crippen LogP) is -1.33. The van der Waals surface area contributed by atoms with E-state index in [4.69, 9.17) is 31.1 Å². The molecule has 92 valence electrons. The van der Waals surface area contributed by atoms with Crippen molar-refractivity contribution in [1.82, 2.24) is 0 Å². The SMILES string of the molecule is N#CC(O)OP(=O)(OC(O)C#N)OC(O)C#N. The highest BCUT2D eigenvalue weighted by Crippen LogP contribution is 2.51. The molecule has 0 aromatic carbocycles. The Morgan fingerprint density at radius 3 is 1.24 bits per heavy atom. The van der Waals surface area contributed by atoms with E-state index < -0.39 is 26.7 Å². The Hall–Kier alpha value is -1.54. The van der Waals surface area contributed by atoms with Crippen molar-refractivity contribution in [2.24, 2.45) is 0 Å². The minimum Gasteiger partial charge on any atom is -0.356 e. The highest BCUT2D eigenvalue weighted by molar-refractivity contribution is 7.48. The van der Waals surface area contributed by atoms with Crippen LogP contribution < -0.4 is 0 Å². The van der Waals surface area contributed by atoms with Crippen LogP contribution in [0, 0.1) is 34.0 Å². The van der Waals surface area contributed by atoms with Crippen LogP contribution in [0.1, 0.15) is 0 Å². The first-order chi connectivity index (χ1) is 7.86. The first-order valence-electron chi connectivity index (χ1n) is 3.75. The first-order valence-corrected chi connectivity index (χ1v) is 5.21. The Balaban J connectivity index is 4.84. The van der Waals surface area contributed by atoms with Gasteiger partial charge in [-0.3, -0.25) is 0 Å². The molecule has 0 bridgehead atoms. The van der Waals surface area contributed by atoms with E-state index in [1.807, 2.05) is 0 Å². The van der Waals surface area contributed by atoms with Crippen molar-refractivity contribution >= 4 is 7.82 Å². The second kappa shape index (κ2) is 6.92. The Morgan fingerprint density at radius 1 is 0.824 bits per heavy atom. The molecule has 0 saturated carbocycles. The van der Waals surface area contributed by atoms with Crippen LogP contribution in [-0.2, 0) is 18.1 Å². The average Bonchev–Trinajstić information content (AvgIpc) is 2.27. The van der Waals surface area contributed by atoms with Gasteiger partial charge in [0.2, 0.25) is 0 Å². The maximum absolute atomic E-state index is 11.5. The smallest absolute Gasteiger partial charge is 0.356 e. The Kier molecular flexibility index (Phi) is 6.29. The van der Waals surface area contributed by atoms with Crippen molar-refractivity contribution in [3.63, 3.8) is 0 Å². The number of hydrogen-bond acceptors (Lipinski definition) is 10. The van der Waals surface area contributed by atoms with Gasteiger partial charge in [-0.1, -0.05) is 0 Å². The van der Waals surface area contributed by atoms with Crippen molar-refractivity contribution in [2.45, 2.75) is 18.9 Å². The Labute approximate surface area is 95.0 Å². The number of rotatable bonds is 6. The summed E-state index contributed by atoms with van der Waals surface area (Å²) in [6, 6.07) is 3.23. The van der Waals surface area contributed by atoms with Crippen LogP contribution in [0.3, 0.4) is 0 Å². The highest BCUT2D eigenvalue weighted by atomic mass is 31.2. The lowest BCUT2D eigenvalue weighted by molar-refractivity contribution is -0.0783. The van der Waals surface area contributed by atoms with Crippen LogP contribution in [0.15, 0.2) is 0 Å². The molecule has 0 rings (SSSR count). The zero-order chi connectivity index (χ0) is 13.5. The van der Waals surface area contributed by atoms with Gasteiger partial charge in [0.15, 0.2) is 0 Å². The van der Waals surface area contributed by atoms with Crippen molar-refractivity contribution in [2.75, 3.05) is 0 Å². The number of phosphoric ester groups is 1. The molecule has 0 amide bonds. The van der Waals surface area contributed by atoms with Gasteiger partial charge in [0.1, 0.15) is 18.2 Å². The van der Waals surface area contributed by atoms with Crippen molar-refractivity contribution in [3.8, 4) is 18.2 Å². The topological polar surface area (TPSA) is 177 Å². The summed E-state index contributed by atoms with van der Waals surface area (Å²) in [5, 5.41) is 50.7. The monoisotopic (exact) mass is 263 g/mol. The summed E-state index contributed by atoms with van der Waals surface area (Å²) < 4.78 is 23.6. The standard InChI is InChI=1S/C6H6N3O7P/c7-1-4(10)14-17(13,15-5(11)2-8)16-6(12)3-9/h4-6,10-12H. The van der Waals surface area contributed by atoms with Crippen LogP contribution in [-0.4, -0.2) is 34.2 Å². The maximum Gasteiger partial charge on any atom is 0.484 e. The van der Waals surface area contributed by atoms with Crippen LogP contribution >= 0.6 is 7.82 Å². The fourth-order valence-corrected chi connectivity index (χ4v) is 1.54. The number of phosphoric acid groups is 1. The summed E-state index contributed by atoms with van der Waals surface area (Å²) in [4.78, 5) is 0. The van der Waals surface area contributed by atoms with Gasteiger partial charge in [0, 0.05) is 0 Å². The number of aliphatic hydroxyl groups excluding tert-OH is 3. The van der Waals surface area contributed by atoms with E-state index in [9.17, 15) is 4.57 Å². The molecule has 3 atom stereocenters. The van der Waals surface area contributed by atoms with E-state index in [0.29, 0.717) is 0 Å². The average molecular weight is 263 g/mol. The molecule has 11 heteroatoms. The number of nitriles is 3. The molecule has 0 aliphatic heterocycles. The quantitative estimate of drug-likeness (QED) is 0.295. The molecule has 0 aromatic heterocycles. The Morgan fingerprint density at radius 2 is 1.06 bits per heavy atom. The van der Waals surface area contributed by atoms with E-state index >= 15 is 0 Å². The molecule has 0 spiro atoms. The summed E-state index contributed by atoms with van der Waals surface area (Å²) >= 11 is 0. The summed E-state index contributed by atoms with van der Waals surface area (Å²) in [7, 11) is -4.85.